The number of phenolic OH excluding ortho intramolecular Hbond substituents is 1. The van der Waals surface area contributed by atoms with E-state index >= 15 is 8.78 Å². The van der Waals surface area contributed by atoms with Gasteiger partial charge in [-0.05, 0) is 86.5 Å². The molecule has 2 aromatic carbocycles. The van der Waals surface area contributed by atoms with Gasteiger partial charge in [0.1, 0.15) is 39.8 Å². The number of benzene rings is 2. The van der Waals surface area contributed by atoms with E-state index in [1.165, 1.54) is 24.4 Å². The molecule has 13 heteroatoms. The van der Waals surface area contributed by atoms with Gasteiger partial charge in [0, 0.05) is 35.8 Å². The minimum atomic E-state index is -1.18. The van der Waals surface area contributed by atoms with Crippen molar-refractivity contribution in [2.45, 2.75) is 82.1 Å². The van der Waals surface area contributed by atoms with E-state index < -0.39 is 17.2 Å². The Balaban J connectivity index is 1.11. The molecule has 11 nitrogen and oxygen atoms in total. The second kappa shape index (κ2) is 13.2. The molecular weight excluding hydrogens is 684 g/mol. The average molecular weight is 732 g/mol. The molecule has 4 atom stereocenters. The molecule has 6 heterocycles. The Morgan fingerprint density at radius 3 is 2.70 bits per heavy atom. The summed E-state index contributed by atoms with van der Waals surface area (Å²) < 4.78 is 56.3. The molecule has 4 saturated heterocycles. The first-order chi connectivity index (χ1) is 25.6. The lowest BCUT2D eigenvalue weighted by molar-refractivity contribution is -0.184. The number of aromatic nitrogens is 3. The number of likely N-dealkylation sites (tertiary alicyclic amines) is 1. The number of hydrogen-bond donors (Lipinski definition) is 2. The van der Waals surface area contributed by atoms with E-state index in [0.717, 1.165) is 45.1 Å². The Bertz CT molecular complexity index is 2060. The number of pyridine rings is 1. The van der Waals surface area contributed by atoms with Crippen molar-refractivity contribution >= 4 is 27.5 Å². The van der Waals surface area contributed by atoms with Gasteiger partial charge in [0.25, 0.3) is 0 Å². The van der Waals surface area contributed by atoms with Crippen LogP contribution in [0.25, 0.3) is 32.9 Å². The Labute approximate surface area is 307 Å². The van der Waals surface area contributed by atoms with Crippen molar-refractivity contribution in [2.24, 2.45) is 5.41 Å². The van der Waals surface area contributed by atoms with Crippen LogP contribution in [-0.4, -0.2) is 113 Å². The first-order valence-corrected chi connectivity index (χ1v) is 19.0. The topological polar surface area (TPSA) is 123 Å². The van der Waals surface area contributed by atoms with Crippen LogP contribution in [0, 0.1) is 17.0 Å². The van der Waals surface area contributed by atoms with E-state index in [2.05, 4.69) is 9.88 Å². The highest BCUT2D eigenvalue weighted by atomic mass is 19.1. The quantitative estimate of drug-likeness (QED) is 0.249. The first kappa shape index (κ1) is 35.0. The molecule has 1 saturated carbocycles. The van der Waals surface area contributed by atoms with E-state index in [1.807, 2.05) is 11.8 Å². The number of halogens is 2. The van der Waals surface area contributed by atoms with Gasteiger partial charge in [0.2, 0.25) is 0 Å². The van der Waals surface area contributed by atoms with Crippen LogP contribution in [0.3, 0.4) is 0 Å². The van der Waals surface area contributed by atoms with Gasteiger partial charge in [-0.1, -0.05) is 19.4 Å². The third kappa shape index (κ3) is 6.08. The highest BCUT2D eigenvalue weighted by molar-refractivity contribution is 6.01. The van der Waals surface area contributed by atoms with Crippen LogP contribution in [0.15, 0.2) is 30.5 Å². The number of rotatable bonds is 7. The summed E-state index contributed by atoms with van der Waals surface area (Å²) in [5.41, 5.74) is -0.814. The summed E-state index contributed by atoms with van der Waals surface area (Å²) in [6, 6.07) is 6.62. The largest absolute Gasteiger partial charge is 0.508 e. The number of fused-ring (bicyclic) bond motifs is 3. The molecule has 0 radical (unpaired) electrons. The highest BCUT2D eigenvalue weighted by Gasteiger charge is 2.54. The van der Waals surface area contributed by atoms with Crippen LogP contribution < -0.4 is 9.64 Å². The number of phenols is 1. The summed E-state index contributed by atoms with van der Waals surface area (Å²) in [6.45, 7) is 8.08. The third-order valence-electron chi connectivity index (χ3n) is 12.4. The Morgan fingerprint density at radius 1 is 1.06 bits per heavy atom. The first-order valence-electron chi connectivity index (χ1n) is 19.0. The number of aryl methyl sites for hydroxylation is 1. The van der Waals surface area contributed by atoms with Crippen molar-refractivity contribution in [2.75, 3.05) is 64.2 Å². The molecule has 53 heavy (non-hydrogen) atoms. The van der Waals surface area contributed by atoms with Gasteiger partial charge in [-0.25, -0.2) is 8.78 Å². The molecule has 4 aliphatic heterocycles. The zero-order chi connectivity index (χ0) is 36.5. The molecule has 4 unspecified atom stereocenters. The molecule has 0 amide bonds. The maximum atomic E-state index is 17.1. The van der Waals surface area contributed by atoms with E-state index in [0.29, 0.717) is 85.6 Å². The molecule has 0 bridgehead atoms. The van der Waals surface area contributed by atoms with Crippen molar-refractivity contribution in [3.63, 3.8) is 0 Å². The monoisotopic (exact) mass is 731 g/mol. The molecular formula is C40H47F2N5O6. The van der Waals surface area contributed by atoms with Gasteiger partial charge < -0.3 is 34.1 Å². The fourth-order valence-electron chi connectivity index (χ4n) is 9.88. The number of nitrogens with zero attached hydrogens (tertiary/aromatic N) is 5. The van der Waals surface area contributed by atoms with Gasteiger partial charge in [0.05, 0.1) is 51.6 Å². The maximum absolute atomic E-state index is 17.1. The number of β-amino-alcohol motifs (C(OH)–C–C–N with tert-alkyl or cyclic N) is 1. The molecule has 282 valence electrons. The van der Waals surface area contributed by atoms with Crippen molar-refractivity contribution in [1.82, 2.24) is 19.9 Å². The van der Waals surface area contributed by atoms with E-state index in [-0.39, 0.29) is 52.7 Å². The standard InChI is InChI=1S/C40H47F2N5O6/c1-3-27-30(41)8-7-24-14-26(48)15-28(32(24)27)34-33(42)35-29(17-43-34)36(46-12-13-50-20-38(2,49)19-46)45-37(44-35)52-21-39-9-4-6-31(39)47(11-5-10-39)25-16-40(53-18-25)22-51-23-40/h7-8,14-15,17,25,31,48-49H,3-6,9-13,16,18-23H2,1-2H3. The Hall–Kier alpha value is -3.75. The summed E-state index contributed by atoms with van der Waals surface area (Å²) >= 11 is 0. The number of anilines is 1. The second-order valence-electron chi connectivity index (χ2n) is 16.2. The molecule has 5 fully saturated rings. The molecule has 4 aromatic rings. The van der Waals surface area contributed by atoms with Gasteiger partial charge in [-0.15, -0.1) is 0 Å². The van der Waals surface area contributed by atoms with Crippen LogP contribution in [0.5, 0.6) is 11.8 Å². The van der Waals surface area contributed by atoms with Crippen LogP contribution in [0.2, 0.25) is 0 Å². The zero-order valence-electron chi connectivity index (χ0n) is 30.4. The molecule has 9 rings (SSSR count). The fraction of sp³-hybridized carbons (Fsp3) is 0.575. The van der Waals surface area contributed by atoms with E-state index in [4.69, 9.17) is 28.9 Å². The third-order valence-corrected chi connectivity index (χ3v) is 12.4. The predicted octanol–water partition coefficient (Wildman–Crippen LogP) is 5.55. The zero-order valence-corrected chi connectivity index (χ0v) is 30.4. The van der Waals surface area contributed by atoms with Gasteiger partial charge in [0.15, 0.2) is 5.82 Å². The lowest BCUT2D eigenvalue weighted by Gasteiger charge is -2.48. The smallest absolute Gasteiger partial charge is 0.319 e. The summed E-state index contributed by atoms with van der Waals surface area (Å²) in [4.78, 5) is 18.7. The number of ether oxygens (including phenoxy) is 4. The molecule has 1 aliphatic carbocycles. The highest BCUT2D eigenvalue weighted by Crippen LogP contribution is 2.50. The number of aromatic hydroxyl groups is 1. The summed E-state index contributed by atoms with van der Waals surface area (Å²) in [6.07, 6.45) is 8.13. The Morgan fingerprint density at radius 2 is 1.91 bits per heavy atom. The van der Waals surface area contributed by atoms with Gasteiger partial charge >= 0.3 is 6.01 Å². The van der Waals surface area contributed by atoms with Crippen molar-refractivity contribution < 1.29 is 37.9 Å². The number of hydrogen-bond acceptors (Lipinski definition) is 11. The van der Waals surface area contributed by atoms with E-state index in [1.54, 1.807) is 13.0 Å². The van der Waals surface area contributed by atoms with Gasteiger partial charge in [-0.3, -0.25) is 9.88 Å². The molecule has 5 aliphatic rings. The average Bonchev–Trinajstić information content (AvgIpc) is 3.74. The summed E-state index contributed by atoms with van der Waals surface area (Å²) in [7, 11) is 0. The summed E-state index contributed by atoms with van der Waals surface area (Å²) in [5.74, 6) is -0.847. The minimum Gasteiger partial charge on any atom is -0.508 e. The molecule has 2 aromatic heterocycles. The minimum absolute atomic E-state index is 0.00684. The van der Waals surface area contributed by atoms with Crippen molar-refractivity contribution in [3.8, 4) is 23.0 Å². The number of aliphatic hydroxyl groups is 1. The van der Waals surface area contributed by atoms with Crippen LogP contribution >= 0.6 is 0 Å². The normalized spacial score (nSPS) is 28.7. The van der Waals surface area contributed by atoms with Crippen molar-refractivity contribution in [1.29, 1.82) is 0 Å². The number of piperidine rings is 1. The van der Waals surface area contributed by atoms with Crippen LogP contribution in [-0.2, 0) is 20.6 Å². The summed E-state index contributed by atoms with van der Waals surface area (Å²) in [5, 5.41) is 23.2. The van der Waals surface area contributed by atoms with Crippen LogP contribution in [0.4, 0.5) is 14.6 Å². The molecule has 2 N–H and O–H groups in total. The lowest BCUT2D eigenvalue weighted by atomic mass is 9.74. The van der Waals surface area contributed by atoms with E-state index in [9.17, 15) is 10.2 Å². The van der Waals surface area contributed by atoms with Gasteiger partial charge in [-0.2, -0.15) is 9.97 Å². The van der Waals surface area contributed by atoms with Crippen molar-refractivity contribution in [3.05, 3.63) is 47.7 Å². The predicted molar refractivity (Wildman–Crippen MR) is 194 cm³/mol. The fourth-order valence-corrected chi connectivity index (χ4v) is 9.88. The SMILES string of the molecule is CCc1c(F)ccc2cc(O)cc(-c3ncc4c(N5CCOCC(C)(O)C5)nc(OCC56CCCC5N(C5COC7(COC7)C5)CCC6)nc4c3F)c12. The Kier molecular flexibility index (Phi) is 8.73. The lowest BCUT2D eigenvalue weighted by Crippen LogP contribution is -2.56. The van der Waals surface area contributed by atoms with Crippen LogP contribution in [0.1, 0.15) is 57.9 Å². The molecule has 1 spiro atoms. The maximum Gasteiger partial charge on any atom is 0.319 e. The second-order valence-corrected chi connectivity index (χ2v) is 16.2.